The second-order valence-corrected chi connectivity index (χ2v) is 8.18. The molecule has 1 N–H and O–H groups in total. The minimum absolute atomic E-state index is 0. The van der Waals surface area contributed by atoms with E-state index in [-0.39, 0.29) is 35.8 Å². The summed E-state index contributed by atoms with van der Waals surface area (Å²) >= 11 is 6.02. The van der Waals surface area contributed by atoms with E-state index in [9.17, 15) is 9.59 Å². The molecule has 0 unspecified atom stereocenters. The predicted octanol–water partition coefficient (Wildman–Crippen LogP) is 2.62. The number of carbonyl (C=O) groups excluding carboxylic acids is 2. The first kappa shape index (κ1) is 25.7. The van der Waals surface area contributed by atoms with Crippen LogP contribution in [0.2, 0.25) is 5.02 Å². The number of piperazine rings is 1. The fourth-order valence-corrected chi connectivity index (χ4v) is 4.13. The van der Waals surface area contributed by atoms with Crippen molar-refractivity contribution in [3.63, 3.8) is 0 Å². The van der Waals surface area contributed by atoms with Gasteiger partial charge in [-0.15, -0.1) is 24.0 Å². The van der Waals surface area contributed by atoms with Crippen molar-refractivity contribution < 1.29 is 9.59 Å². The SMILES string of the molecule is CCNC(=NCCCN1CCCC1=O)N1CCN(C(=O)Cc2cccc(Cl)c2)CC1.I. The number of halogens is 2. The molecule has 0 saturated carbocycles. The monoisotopic (exact) mass is 561 g/mol. The Kier molecular flexibility index (Phi) is 10.9. The van der Waals surface area contributed by atoms with Gasteiger partial charge in [-0.3, -0.25) is 14.6 Å². The van der Waals surface area contributed by atoms with Crippen molar-refractivity contribution in [2.75, 3.05) is 52.4 Å². The van der Waals surface area contributed by atoms with E-state index in [2.05, 4.69) is 17.1 Å². The van der Waals surface area contributed by atoms with Crippen molar-refractivity contribution in [3.8, 4) is 0 Å². The highest BCUT2D eigenvalue weighted by Crippen LogP contribution is 2.13. The summed E-state index contributed by atoms with van der Waals surface area (Å²) in [5, 5.41) is 4.02. The molecule has 2 aliphatic rings. The van der Waals surface area contributed by atoms with E-state index < -0.39 is 0 Å². The van der Waals surface area contributed by atoms with Crippen molar-refractivity contribution in [3.05, 3.63) is 34.9 Å². The Labute approximate surface area is 207 Å². The summed E-state index contributed by atoms with van der Waals surface area (Å²) in [5.74, 6) is 1.30. The molecule has 2 amide bonds. The average molecular weight is 562 g/mol. The smallest absolute Gasteiger partial charge is 0.227 e. The number of rotatable bonds is 7. The topological polar surface area (TPSA) is 68.2 Å². The highest BCUT2D eigenvalue weighted by molar-refractivity contribution is 14.0. The Morgan fingerprint density at radius 1 is 1.16 bits per heavy atom. The fourth-order valence-electron chi connectivity index (χ4n) is 3.91. The first-order valence-electron chi connectivity index (χ1n) is 10.9. The van der Waals surface area contributed by atoms with Gasteiger partial charge in [0, 0.05) is 63.8 Å². The van der Waals surface area contributed by atoms with E-state index in [1.807, 2.05) is 34.1 Å². The number of likely N-dealkylation sites (tertiary alicyclic amines) is 1. The van der Waals surface area contributed by atoms with Crippen LogP contribution in [0.5, 0.6) is 0 Å². The first-order chi connectivity index (χ1) is 14.6. The van der Waals surface area contributed by atoms with Gasteiger partial charge in [0.05, 0.1) is 6.42 Å². The summed E-state index contributed by atoms with van der Waals surface area (Å²) in [6.07, 6.45) is 2.92. The van der Waals surface area contributed by atoms with Crippen LogP contribution in [0.4, 0.5) is 0 Å². The van der Waals surface area contributed by atoms with Gasteiger partial charge in [0.1, 0.15) is 0 Å². The summed E-state index contributed by atoms with van der Waals surface area (Å²) < 4.78 is 0. The maximum Gasteiger partial charge on any atom is 0.227 e. The second-order valence-electron chi connectivity index (χ2n) is 7.75. The van der Waals surface area contributed by atoms with Gasteiger partial charge >= 0.3 is 0 Å². The molecule has 0 aromatic heterocycles. The third kappa shape index (κ3) is 7.82. The molecule has 0 radical (unpaired) electrons. The molecule has 7 nitrogen and oxygen atoms in total. The summed E-state index contributed by atoms with van der Waals surface area (Å²) in [6, 6.07) is 7.48. The van der Waals surface area contributed by atoms with E-state index in [1.165, 1.54) is 0 Å². The summed E-state index contributed by atoms with van der Waals surface area (Å²) in [5.41, 5.74) is 0.946. The first-order valence-corrected chi connectivity index (χ1v) is 11.3. The number of aliphatic imine (C=N–C) groups is 1. The van der Waals surface area contributed by atoms with Gasteiger partial charge in [0.15, 0.2) is 5.96 Å². The third-order valence-corrected chi connectivity index (χ3v) is 5.77. The van der Waals surface area contributed by atoms with Crippen LogP contribution in [0.25, 0.3) is 0 Å². The van der Waals surface area contributed by atoms with E-state index in [0.29, 0.717) is 37.5 Å². The molecule has 1 aromatic rings. The Balaban J connectivity index is 0.00000341. The fraction of sp³-hybridized carbons (Fsp3) is 0.591. The molecule has 0 spiro atoms. The minimum Gasteiger partial charge on any atom is -0.357 e. The molecule has 3 rings (SSSR count). The lowest BCUT2D eigenvalue weighted by Crippen LogP contribution is -2.54. The minimum atomic E-state index is 0. The van der Waals surface area contributed by atoms with Crippen molar-refractivity contribution in [2.45, 2.75) is 32.6 Å². The van der Waals surface area contributed by atoms with Crippen LogP contribution >= 0.6 is 35.6 Å². The molecule has 2 aliphatic heterocycles. The van der Waals surface area contributed by atoms with Crippen LogP contribution in [-0.4, -0.2) is 84.8 Å². The molecule has 0 atom stereocenters. The molecule has 31 heavy (non-hydrogen) atoms. The number of nitrogens with one attached hydrogen (secondary N) is 1. The van der Waals surface area contributed by atoms with E-state index in [4.69, 9.17) is 16.6 Å². The second kappa shape index (κ2) is 13.1. The quantitative estimate of drug-likeness (QED) is 0.241. The van der Waals surface area contributed by atoms with Crippen LogP contribution in [0.1, 0.15) is 31.7 Å². The number of hydrogen-bond donors (Lipinski definition) is 1. The van der Waals surface area contributed by atoms with Crippen LogP contribution in [0, 0.1) is 0 Å². The molecule has 172 valence electrons. The van der Waals surface area contributed by atoms with Crippen molar-refractivity contribution in [1.82, 2.24) is 20.0 Å². The van der Waals surface area contributed by atoms with E-state index >= 15 is 0 Å². The molecule has 0 bridgehead atoms. The van der Waals surface area contributed by atoms with Crippen molar-refractivity contribution >= 4 is 53.4 Å². The molecule has 0 aliphatic carbocycles. The third-order valence-electron chi connectivity index (χ3n) is 5.53. The maximum atomic E-state index is 12.6. The number of benzene rings is 1. The number of hydrogen-bond acceptors (Lipinski definition) is 3. The number of guanidine groups is 1. The molecular weight excluding hydrogens is 529 g/mol. The molecular formula is C22H33ClIN5O2. The lowest BCUT2D eigenvalue weighted by Gasteiger charge is -2.36. The van der Waals surface area contributed by atoms with E-state index in [1.54, 1.807) is 0 Å². The Hall–Kier alpha value is -1.55. The van der Waals surface area contributed by atoms with Crippen molar-refractivity contribution in [2.24, 2.45) is 4.99 Å². The predicted molar refractivity (Wildman–Crippen MR) is 135 cm³/mol. The van der Waals surface area contributed by atoms with Crippen LogP contribution in [0.15, 0.2) is 29.3 Å². The number of carbonyl (C=O) groups is 2. The number of nitrogens with zero attached hydrogens (tertiary/aromatic N) is 4. The van der Waals surface area contributed by atoms with Gasteiger partial charge in [0.2, 0.25) is 11.8 Å². The zero-order valence-corrected chi connectivity index (χ0v) is 21.3. The molecule has 2 saturated heterocycles. The van der Waals surface area contributed by atoms with Gasteiger partial charge in [0.25, 0.3) is 0 Å². The lowest BCUT2D eigenvalue weighted by atomic mass is 10.1. The van der Waals surface area contributed by atoms with Gasteiger partial charge in [-0.2, -0.15) is 0 Å². The Morgan fingerprint density at radius 3 is 2.55 bits per heavy atom. The van der Waals surface area contributed by atoms with Gasteiger partial charge in [-0.05, 0) is 37.5 Å². The normalized spacial score (nSPS) is 17.0. The highest BCUT2D eigenvalue weighted by Gasteiger charge is 2.23. The number of amides is 2. The maximum absolute atomic E-state index is 12.6. The highest BCUT2D eigenvalue weighted by atomic mass is 127. The van der Waals surface area contributed by atoms with Crippen LogP contribution in [-0.2, 0) is 16.0 Å². The average Bonchev–Trinajstić information content (AvgIpc) is 3.15. The molecule has 9 heteroatoms. The van der Waals surface area contributed by atoms with E-state index in [0.717, 1.165) is 57.1 Å². The standard InChI is InChI=1S/C22H32ClN5O2.HI/c1-2-24-22(25-9-5-11-26-10-4-8-20(26)29)28-14-12-27(13-15-28)21(30)17-18-6-3-7-19(23)16-18;/h3,6-7,16H,2,4-5,8-15,17H2,1H3,(H,24,25);1H. The summed E-state index contributed by atoms with van der Waals surface area (Å²) in [6.45, 7) is 8.12. The molecule has 2 fully saturated rings. The van der Waals surface area contributed by atoms with Crippen LogP contribution in [0.3, 0.4) is 0 Å². The summed E-state index contributed by atoms with van der Waals surface area (Å²) in [7, 11) is 0. The van der Waals surface area contributed by atoms with Gasteiger partial charge in [-0.1, -0.05) is 23.7 Å². The van der Waals surface area contributed by atoms with Crippen LogP contribution < -0.4 is 5.32 Å². The lowest BCUT2D eigenvalue weighted by molar-refractivity contribution is -0.131. The molecule has 2 heterocycles. The molecule has 1 aromatic carbocycles. The van der Waals surface area contributed by atoms with Crippen molar-refractivity contribution in [1.29, 1.82) is 0 Å². The van der Waals surface area contributed by atoms with Gasteiger partial charge < -0.3 is 20.0 Å². The Morgan fingerprint density at radius 2 is 1.90 bits per heavy atom. The summed E-state index contributed by atoms with van der Waals surface area (Å²) in [4.78, 5) is 35.1. The zero-order chi connectivity index (χ0) is 21.3. The zero-order valence-electron chi connectivity index (χ0n) is 18.2. The Bertz CT molecular complexity index is 768. The largest absolute Gasteiger partial charge is 0.357 e. The van der Waals surface area contributed by atoms with Gasteiger partial charge in [-0.25, -0.2) is 0 Å².